The van der Waals surface area contributed by atoms with Crippen molar-refractivity contribution in [1.82, 2.24) is 5.32 Å². The predicted octanol–water partition coefficient (Wildman–Crippen LogP) is 1.13. The van der Waals surface area contributed by atoms with Gasteiger partial charge in [0.25, 0.3) is 0 Å². The van der Waals surface area contributed by atoms with Crippen molar-refractivity contribution in [3.63, 3.8) is 0 Å². The van der Waals surface area contributed by atoms with E-state index in [2.05, 4.69) is 33.0 Å². The number of rotatable bonds is 4. The molecule has 0 bridgehead atoms. The van der Waals surface area contributed by atoms with Gasteiger partial charge >= 0.3 is 0 Å². The first-order valence-corrected chi connectivity index (χ1v) is 4.78. The molecule has 78 valence electrons. The lowest BCUT2D eigenvalue weighted by Crippen LogP contribution is -2.42. The predicted molar refractivity (Wildman–Crippen MR) is 55.3 cm³/mol. The SMILES string of the molecule is CC(CNC(C)C(C)(C)C)C(N)=O. The Morgan fingerprint density at radius 3 is 2.15 bits per heavy atom. The van der Waals surface area contributed by atoms with Crippen LogP contribution in [0.3, 0.4) is 0 Å². The van der Waals surface area contributed by atoms with Gasteiger partial charge in [0.05, 0.1) is 0 Å². The first-order chi connectivity index (χ1) is 5.75. The Morgan fingerprint density at radius 1 is 1.38 bits per heavy atom. The van der Waals surface area contributed by atoms with Crippen molar-refractivity contribution >= 4 is 5.91 Å². The maximum atomic E-state index is 10.7. The Kier molecular flexibility index (Phi) is 4.40. The number of primary amides is 1. The van der Waals surface area contributed by atoms with Crippen LogP contribution in [0.2, 0.25) is 0 Å². The number of carbonyl (C=O) groups is 1. The molecule has 0 aromatic rings. The minimum absolute atomic E-state index is 0.0928. The fourth-order valence-corrected chi connectivity index (χ4v) is 0.760. The molecular weight excluding hydrogens is 164 g/mol. The largest absolute Gasteiger partial charge is 0.369 e. The van der Waals surface area contributed by atoms with Gasteiger partial charge in [0.1, 0.15) is 0 Å². The Labute approximate surface area is 81.1 Å². The van der Waals surface area contributed by atoms with E-state index in [9.17, 15) is 4.79 Å². The second-order valence-electron chi connectivity index (χ2n) is 4.80. The highest BCUT2D eigenvalue weighted by Crippen LogP contribution is 2.18. The maximum absolute atomic E-state index is 10.7. The molecule has 13 heavy (non-hydrogen) atoms. The van der Waals surface area contributed by atoms with E-state index < -0.39 is 0 Å². The zero-order valence-corrected chi connectivity index (χ0v) is 9.35. The molecule has 0 aromatic carbocycles. The second-order valence-corrected chi connectivity index (χ2v) is 4.80. The zero-order valence-electron chi connectivity index (χ0n) is 9.35. The highest BCUT2D eigenvalue weighted by Gasteiger charge is 2.20. The van der Waals surface area contributed by atoms with Crippen LogP contribution in [0, 0.1) is 11.3 Å². The van der Waals surface area contributed by atoms with E-state index in [0.29, 0.717) is 12.6 Å². The first kappa shape index (κ1) is 12.4. The van der Waals surface area contributed by atoms with Crippen LogP contribution in [0.1, 0.15) is 34.6 Å². The quantitative estimate of drug-likeness (QED) is 0.691. The van der Waals surface area contributed by atoms with Crippen molar-refractivity contribution in [2.24, 2.45) is 17.1 Å². The minimum atomic E-state index is -0.242. The van der Waals surface area contributed by atoms with E-state index in [0.717, 1.165) is 0 Å². The summed E-state index contributed by atoms with van der Waals surface area (Å²) in [7, 11) is 0. The van der Waals surface area contributed by atoms with Crippen LogP contribution in [-0.4, -0.2) is 18.5 Å². The summed E-state index contributed by atoms with van der Waals surface area (Å²) in [5, 5.41) is 3.30. The minimum Gasteiger partial charge on any atom is -0.369 e. The van der Waals surface area contributed by atoms with Gasteiger partial charge in [0, 0.05) is 18.5 Å². The lowest BCUT2D eigenvalue weighted by Gasteiger charge is -2.29. The lowest BCUT2D eigenvalue weighted by molar-refractivity contribution is -0.121. The first-order valence-electron chi connectivity index (χ1n) is 4.78. The highest BCUT2D eigenvalue weighted by molar-refractivity contribution is 5.76. The van der Waals surface area contributed by atoms with Gasteiger partial charge in [0.2, 0.25) is 5.91 Å². The van der Waals surface area contributed by atoms with Gasteiger partial charge in [-0.25, -0.2) is 0 Å². The van der Waals surface area contributed by atoms with Gasteiger partial charge in [0.15, 0.2) is 0 Å². The summed E-state index contributed by atoms with van der Waals surface area (Å²) in [5.41, 5.74) is 5.37. The van der Waals surface area contributed by atoms with Crippen LogP contribution in [0.4, 0.5) is 0 Å². The van der Waals surface area contributed by atoms with E-state index in [1.165, 1.54) is 0 Å². The van der Waals surface area contributed by atoms with Crippen LogP contribution in [0.5, 0.6) is 0 Å². The van der Waals surface area contributed by atoms with Crippen molar-refractivity contribution in [2.45, 2.75) is 40.7 Å². The molecule has 3 N–H and O–H groups in total. The molecule has 3 nitrogen and oxygen atoms in total. The topological polar surface area (TPSA) is 55.1 Å². The third-order valence-electron chi connectivity index (χ3n) is 2.51. The zero-order chi connectivity index (χ0) is 10.6. The summed E-state index contributed by atoms with van der Waals surface area (Å²) in [6.07, 6.45) is 0. The number of hydrogen-bond acceptors (Lipinski definition) is 2. The Bertz CT molecular complexity index is 172. The molecule has 0 heterocycles. The van der Waals surface area contributed by atoms with Crippen molar-refractivity contribution in [3.05, 3.63) is 0 Å². The molecular formula is C10H22N2O. The summed E-state index contributed by atoms with van der Waals surface area (Å²) >= 11 is 0. The molecule has 0 aliphatic rings. The highest BCUT2D eigenvalue weighted by atomic mass is 16.1. The molecule has 1 amide bonds. The molecule has 0 rings (SSSR count). The van der Waals surface area contributed by atoms with Crippen LogP contribution < -0.4 is 11.1 Å². The van der Waals surface area contributed by atoms with Gasteiger partial charge in [-0.2, -0.15) is 0 Å². The van der Waals surface area contributed by atoms with Gasteiger partial charge in [-0.1, -0.05) is 27.7 Å². The normalized spacial score (nSPS) is 16.7. The standard InChI is InChI=1S/C10H22N2O/c1-7(9(11)13)6-12-8(2)10(3,4)5/h7-8,12H,6H2,1-5H3,(H2,11,13). The van der Waals surface area contributed by atoms with Gasteiger partial charge in [-0.05, 0) is 12.3 Å². The van der Waals surface area contributed by atoms with Crippen molar-refractivity contribution in [3.8, 4) is 0 Å². The average molecular weight is 186 g/mol. The smallest absolute Gasteiger partial charge is 0.221 e. The number of nitrogens with one attached hydrogen (secondary N) is 1. The second kappa shape index (κ2) is 4.61. The van der Waals surface area contributed by atoms with E-state index >= 15 is 0 Å². The molecule has 3 heteroatoms. The molecule has 2 atom stereocenters. The third kappa shape index (κ3) is 4.88. The average Bonchev–Trinajstić information content (AvgIpc) is 1.97. The summed E-state index contributed by atoms with van der Waals surface area (Å²) in [4.78, 5) is 10.7. The van der Waals surface area contributed by atoms with Crippen LogP contribution >= 0.6 is 0 Å². The Balaban J connectivity index is 3.83. The van der Waals surface area contributed by atoms with E-state index in [4.69, 9.17) is 5.73 Å². The number of amides is 1. The fraction of sp³-hybridized carbons (Fsp3) is 0.900. The Hall–Kier alpha value is -0.570. The molecule has 0 aliphatic heterocycles. The lowest BCUT2D eigenvalue weighted by atomic mass is 9.88. The molecule has 0 saturated carbocycles. The molecule has 0 aliphatic carbocycles. The monoisotopic (exact) mass is 186 g/mol. The number of hydrogen-bond donors (Lipinski definition) is 2. The summed E-state index contributed by atoms with van der Waals surface area (Å²) in [6.45, 7) is 11.1. The fourth-order valence-electron chi connectivity index (χ4n) is 0.760. The van der Waals surface area contributed by atoms with Crippen LogP contribution in [0.25, 0.3) is 0 Å². The van der Waals surface area contributed by atoms with Crippen molar-refractivity contribution < 1.29 is 4.79 Å². The molecule has 0 saturated heterocycles. The van der Waals surface area contributed by atoms with Gasteiger partial charge < -0.3 is 11.1 Å². The molecule has 0 fully saturated rings. The third-order valence-corrected chi connectivity index (χ3v) is 2.51. The van der Waals surface area contributed by atoms with Crippen LogP contribution in [-0.2, 0) is 4.79 Å². The van der Waals surface area contributed by atoms with E-state index in [-0.39, 0.29) is 17.2 Å². The maximum Gasteiger partial charge on any atom is 0.221 e. The summed E-state index contributed by atoms with van der Waals surface area (Å²) < 4.78 is 0. The Morgan fingerprint density at radius 2 is 1.85 bits per heavy atom. The summed E-state index contributed by atoms with van der Waals surface area (Å²) in [5.74, 6) is -0.335. The molecule has 0 spiro atoms. The van der Waals surface area contributed by atoms with Gasteiger partial charge in [-0.15, -0.1) is 0 Å². The van der Waals surface area contributed by atoms with Crippen molar-refractivity contribution in [1.29, 1.82) is 0 Å². The molecule has 0 radical (unpaired) electrons. The van der Waals surface area contributed by atoms with Gasteiger partial charge in [-0.3, -0.25) is 4.79 Å². The van der Waals surface area contributed by atoms with Crippen molar-refractivity contribution in [2.75, 3.05) is 6.54 Å². The summed E-state index contributed by atoms with van der Waals surface area (Å²) in [6, 6.07) is 0.384. The molecule has 2 unspecified atom stereocenters. The van der Waals surface area contributed by atoms with E-state index in [1.807, 2.05) is 6.92 Å². The number of nitrogens with two attached hydrogens (primary N) is 1. The van der Waals surface area contributed by atoms with E-state index in [1.54, 1.807) is 0 Å². The van der Waals surface area contributed by atoms with Crippen LogP contribution in [0.15, 0.2) is 0 Å². The number of carbonyl (C=O) groups excluding carboxylic acids is 1. The molecule has 0 aromatic heterocycles.